The third-order valence-electron chi connectivity index (χ3n) is 5.03. The Kier molecular flexibility index (Phi) is 4.88. The van der Waals surface area contributed by atoms with Crippen molar-refractivity contribution in [2.45, 2.75) is 6.92 Å². The fraction of sp³-hybridized carbons (Fsp3) is 0.217. The lowest BCUT2D eigenvalue weighted by atomic mass is 10.0. The Morgan fingerprint density at radius 2 is 1.59 bits per heavy atom. The van der Waals surface area contributed by atoms with Crippen molar-refractivity contribution in [3.63, 3.8) is 0 Å². The highest BCUT2D eigenvalue weighted by molar-refractivity contribution is 5.95. The molecule has 1 aliphatic heterocycles. The zero-order valence-corrected chi connectivity index (χ0v) is 15.5. The van der Waals surface area contributed by atoms with E-state index < -0.39 is 0 Å². The number of pyridine rings is 1. The lowest BCUT2D eigenvalue weighted by Crippen LogP contribution is -2.48. The first kappa shape index (κ1) is 17.3. The van der Waals surface area contributed by atoms with Crippen molar-refractivity contribution in [2.75, 3.05) is 31.1 Å². The van der Waals surface area contributed by atoms with Crippen molar-refractivity contribution in [1.29, 1.82) is 0 Å². The molecule has 0 unspecified atom stereocenters. The van der Waals surface area contributed by atoms with Crippen LogP contribution in [0.2, 0.25) is 0 Å². The topological polar surface area (TPSA) is 36.4 Å². The maximum Gasteiger partial charge on any atom is 0.253 e. The van der Waals surface area contributed by atoms with Crippen molar-refractivity contribution in [2.24, 2.45) is 0 Å². The molecule has 1 saturated heterocycles. The fourth-order valence-corrected chi connectivity index (χ4v) is 3.54. The van der Waals surface area contributed by atoms with Gasteiger partial charge in [0.2, 0.25) is 0 Å². The van der Waals surface area contributed by atoms with Crippen LogP contribution >= 0.6 is 0 Å². The van der Waals surface area contributed by atoms with Crippen LogP contribution in [0.1, 0.15) is 16.1 Å². The number of aryl methyl sites for hydroxylation is 1. The van der Waals surface area contributed by atoms with Crippen LogP contribution in [0.5, 0.6) is 0 Å². The van der Waals surface area contributed by atoms with Crippen molar-refractivity contribution >= 4 is 11.6 Å². The van der Waals surface area contributed by atoms with Crippen molar-refractivity contribution in [1.82, 2.24) is 9.88 Å². The maximum atomic E-state index is 13.0. The molecule has 4 heteroatoms. The first-order valence-corrected chi connectivity index (χ1v) is 9.33. The average Bonchev–Trinajstić information content (AvgIpc) is 2.74. The van der Waals surface area contributed by atoms with Gasteiger partial charge in [0.1, 0.15) is 0 Å². The van der Waals surface area contributed by atoms with Gasteiger partial charge in [-0.3, -0.25) is 9.78 Å². The molecule has 1 amide bonds. The summed E-state index contributed by atoms with van der Waals surface area (Å²) >= 11 is 0. The summed E-state index contributed by atoms with van der Waals surface area (Å²) in [6, 6.07) is 22.2. The normalized spacial score (nSPS) is 14.3. The summed E-state index contributed by atoms with van der Waals surface area (Å²) in [5.74, 6) is 0.110. The Bertz CT molecular complexity index is 931. The first-order valence-electron chi connectivity index (χ1n) is 9.33. The van der Waals surface area contributed by atoms with E-state index in [1.54, 1.807) is 0 Å². The van der Waals surface area contributed by atoms with E-state index in [4.69, 9.17) is 0 Å². The predicted octanol–water partition coefficient (Wildman–Crippen LogP) is 4.02. The maximum absolute atomic E-state index is 13.0. The number of benzene rings is 2. The summed E-state index contributed by atoms with van der Waals surface area (Å²) in [6.45, 7) is 5.15. The lowest BCUT2D eigenvalue weighted by Gasteiger charge is -2.36. The molecule has 0 spiro atoms. The minimum absolute atomic E-state index is 0.110. The molecule has 0 saturated carbocycles. The zero-order valence-electron chi connectivity index (χ0n) is 15.5. The van der Waals surface area contributed by atoms with E-state index in [-0.39, 0.29) is 5.91 Å². The number of hydrogen-bond donors (Lipinski definition) is 0. The Morgan fingerprint density at radius 3 is 2.33 bits per heavy atom. The molecular formula is C23H23N3O. The van der Waals surface area contributed by atoms with E-state index >= 15 is 0 Å². The number of carbonyl (C=O) groups excluding carboxylic acids is 1. The second-order valence-electron chi connectivity index (χ2n) is 6.88. The Morgan fingerprint density at radius 1 is 0.852 bits per heavy atom. The van der Waals surface area contributed by atoms with E-state index in [1.807, 2.05) is 60.5 Å². The van der Waals surface area contributed by atoms with E-state index in [0.29, 0.717) is 0 Å². The molecular weight excluding hydrogens is 334 g/mol. The summed E-state index contributed by atoms with van der Waals surface area (Å²) in [6.07, 6.45) is 1.84. The monoisotopic (exact) mass is 357 g/mol. The summed E-state index contributed by atoms with van der Waals surface area (Å²) in [7, 11) is 0. The number of rotatable bonds is 3. The lowest BCUT2D eigenvalue weighted by molar-refractivity contribution is 0.0747. The van der Waals surface area contributed by atoms with Crippen LogP contribution in [-0.2, 0) is 0 Å². The largest absolute Gasteiger partial charge is 0.368 e. The third-order valence-corrected chi connectivity index (χ3v) is 5.03. The summed E-state index contributed by atoms with van der Waals surface area (Å²) < 4.78 is 0. The Balaban J connectivity index is 1.45. The molecule has 0 N–H and O–H groups in total. The highest BCUT2D eigenvalue weighted by atomic mass is 16.2. The van der Waals surface area contributed by atoms with Gasteiger partial charge in [0.05, 0.1) is 0 Å². The van der Waals surface area contributed by atoms with Gasteiger partial charge in [0.25, 0.3) is 5.91 Å². The molecule has 2 aromatic carbocycles. The van der Waals surface area contributed by atoms with Crippen LogP contribution in [-0.4, -0.2) is 42.0 Å². The molecule has 136 valence electrons. The smallest absolute Gasteiger partial charge is 0.253 e. The molecule has 4 rings (SSSR count). The van der Waals surface area contributed by atoms with Crippen LogP contribution < -0.4 is 4.90 Å². The van der Waals surface area contributed by atoms with Crippen molar-refractivity contribution in [3.05, 3.63) is 84.2 Å². The summed E-state index contributed by atoms with van der Waals surface area (Å²) in [4.78, 5) is 21.5. The SMILES string of the molecule is Cc1cc(N2CCN(C(=O)c3cccc(-c4ccccc4)c3)CC2)ccn1. The summed E-state index contributed by atoms with van der Waals surface area (Å²) in [5, 5.41) is 0. The van der Waals surface area contributed by atoms with Gasteiger partial charge in [0.15, 0.2) is 0 Å². The number of carbonyl (C=O) groups is 1. The van der Waals surface area contributed by atoms with E-state index in [2.05, 4.69) is 34.1 Å². The van der Waals surface area contributed by atoms with Gasteiger partial charge in [-0.2, -0.15) is 0 Å². The van der Waals surface area contributed by atoms with Gasteiger partial charge < -0.3 is 9.80 Å². The van der Waals surface area contributed by atoms with Gasteiger partial charge in [-0.25, -0.2) is 0 Å². The van der Waals surface area contributed by atoms with Crippen LogP contribution in [0.4, 0.5) is 5.69 Å². The van der Waals surface area contributed by atoms with Gasteiger partial charge in [-0.05, 0) is 42.3 Å². The minimum Gasteiger partial charge on any atom is -0.368 e. The average molecular weight is 357 g/mol. The first-order chi connectivity index (χ1) is 13.2. The molecule has 4 nitrogen and oxygen atoms in total. The number of hydrogen-bond acceptors (Lipinski definition) is 3. The van der Waals surface area contributed by atoms with E-state index in [9.17, 15) is 4.79 Å². The Labute approximate surface area is 160 Å². The van der Waals surface area contributed by atoms with Crippen molar-refractivity contribution in [3.8, 4) is 11.1 Å². The highest BCUT2D eigenvalue weighted by Gasteiger charge is 2.22. The number of piperazine rings is 1. The van der Waals surface area contributed by atoms with Crippen molar-refractivity contribution < 1.29 is 4.79 Å². The van der Waals surface area contributed by atoms with E-state index in [1.165, 1.54) is 5.69 Å². The van der Waals surface area contributed by atoms with Gasteiger partial charge in [-0.1, -0.05) is 42.5 Å². The van der Waals surface area contributed by atoms with Crippen LogP contribution in [0.25, 0.3) is 11.1 Å². The number of nitrogens with zero attached hydrogens (tertiary/aromatic N) is 3. The molecule has 27 heavy (non-hydrogen) atoms. The number of amides is 1. The molecule has 1 aliphatic rings. The third kappa shape index (κ3) is 3.85. The van der Waals surface area contributed by atoms with Crippen LogP contribution in [0.3, 0.4) is 0 Å². The summed E-state index contributed by atoms with van der Waals surface area (Å²) in [5.41, 5.74) is 5.16. The molecule has 3 aromatic rings. The van der Waals surface area contributed by atoms with Crippen LogP contribution in [0, 0.1) is 6.92 Å². The standard InChI is InChI=1S/C23H23N3O/c1-18-16-22(10-11-24-18)25-12-14-26(15-13-25)23(27)21-9-5-8-20(17-21)19-6-3-2-4-7-19/h2-11,16-17H,12-15H2,1H3. The molecule has 0 aliphatic carbocycles. The number of anilines is 1. The second-order valence-corrected chi connectivity index (χ2v) is 6.88. The molecule has 2 heterocycles. The van der Waals surface area contributed by atoms with Gasteiger partial charge >= 0.3 is 0 Å². The zero-order chi connectivity index (χ0) is 18.6. The second kappa shape index (κ2) is 7.62. The number of aromatic nitrogens is 1. The molecule has 0 radical (unpaired) electrons. The minimum atomic E-state index is 0.110. The molecule has 1 aromatic heterocycles. The molecule has 0 bridgehead atoms. The Hall–Kier alpha value is -3.14. The van der Waals surface area contributed by atoms with Crippen LogP contribution in [0.15, 0.2) is 72.9 Å². The molecule has 1 fully saturated rings. The predicted molar refractivity (Wildman–Crippen MR) is 109 cm³/mol. The van der Waals surface area contributed by atoms with E-state index in [0.717, 1.165) is 48.6 Å². The van der Waals surface area contributed by atoms with Gasteiger partial charge in [-0.15, -0.1) is 0 Å². The fourth-order valence-electron chi connectivity index (χ4n) is 3.54. The highest BCUT2D eigenvalue weighted by Crippen LogP contribution is 2.22. The van der Waals surface area contributed by atoms with Gasteiger partial charge in [0, 0.05) is 49.3 Å². The molecule has 0 atom stereocenters. The quantitative estimate of drug-likeness (QED) is 0.710.